The highest BCUT2D eigenvalue weighted by molar-refractivity contribution is 14.1. The van der Waals surface area contributed by atoms with E-state index in [0.29, 0.717) is 0 Å². The molecule has 104 valence electrons. The SMILES string of the molecule is O=C(c1ccc(F)cc1I)c1cnccc1C(F)(F)F. The second kappa shape index (κ2) is 5.47. The summed E-state index contributed by atoms with van der Waals surface area (Å²) in [6, 6.07) is 4.01. The van der Waals surface area contributed by atoms with E-state index in [-0.39, 0.29) is 9.13 Å². The smallest absolute Gasteiger partial charge is 0.288 e. The Balaban J connectivity index is 2.55. The van der Waals surface area contributed by atoms with Crippen molar-refractivity contribution < 1.29 is 22.4 Å². The molecule has 0 aliphatic carbocycles. The summed E-state index contributed by atoms with van der Waals surface area (Å²) in [5.74, 6) is -1.40. The molecule has 2 rings (SSSR count). The number of carbonyl (C=O) groups excluding carboxylic acids is 1. The van der Waals surface area contributed by atoms with Gasteiger partial charge in [0.25, 0.3) is 0 Å². The second-order valence-electron chi connectivity index (χ2n) is 3.87. The summed E-state index contributed by atoms with van der Waals surface area (Å²) in [5, 5.41) is 0. The Morgan fingerprint density at radius 1 is 1.15 bits per heavy atom. The Bertz CT molecular complexity index is 670. The van der Waals surface area contributed by atoms with E-state index in [0.717, 1.165) is 36.7 Å². The van der Waals surface area contributed by atoms with Crippen LogP contribution in [0.15, 0.2) is 36.7 Å². The van der Waals surface area contributed by atoms with Gasteiger partial charge in [-0.1, -0.05) is 0 Å². The molecule has 0 saturated carbocycles. The molecule has 7 heteroatoms. The minimum Gasteiger partial charge on any atom is -0.288 e. The number of nitrogens with zero attached hydrogens (tertiary/aromatic N) is 1. The van der Waals surface area contributed by atoms with Crippen molar-refractivity contribution in [2.45, 2.75) is 6.18 Å². The summed E-state index contributed by atoms with van der Waals surface area (Å²) in [5.41, 5.74) is -1.60. The maximum atomic E-state index is 13.0. The zero-order valence-corrected chi connectivity index (χ0v) is 11.9. The fourth-order valence-corrected chi connectivity index (χ4v) is 2.36. The van der Waals surface area contributed by atoms with Crippen molar-refractivity contribution in [1.29, 1.82) is 0 Å². The Morgan fingerprint density at radius 3 is 2.45 bits per heavy atom. The van der Waals surface area contributed by atoms with Crippen LogP contribution in [0.4, 0.5) is 17.6 Å². The van der Waals surface area contributed by atoms with E-state index in [9.17, 15) is 22.4 Å². The minimum absolute atomic E-state index is 0.00509. The monoisotopic (exact) mass is 395 g/mol. The molecule has 0 fully saturated rings. The number of aromatic nitrogens is 1. The predicted octanol–water partition coefficient (Wildman–Crippen LogP) is 4.08. The van der Waals surface area contributed by atoms with Gasteiger partial charge in [-0.05, 0) is 46.9 Å². The lowest BCUT2D eigenvalue weighted by Crippen LogP contribution is -2.15. The van der Waals surface area contributed by atoms with Crippen LogP contribution in [-0.4, -0.2) is 10.8 Å². The molecule has 0 spiro atoms. The Morgan fingerprint density at radius 2 is 1.85 bits per heavy atom. The van der Waals surface area contributed by atoms with Crippen LogP contribution in [0.1, 0.15) is 21.5 Å². The molecule has 0 radical (unpaired) electrons. The molecule has 1 aromatic carbocycles. The molecule has 20 heavy (non-hydrogen) atoms. The van der Waals surface area contributed by atoms with Gasteiger partial charge in [0.05, 0.1) is 11.1 Å². The first-order chi connectivity index (χ1) is 9.30. The van der Waals surface area contributed by atoms with Crippen LogP contribution >= 0.6 is 22.6 Å². The van der Waals surface area contributed by atoms with Gasteiger partial charge in [0.15, 0.2) is 5.78 Å². The summed E-state index contributed by atoms with van der Waals surface area (Å²) in [4.78, 5) is 15.7. The first-order valence-electron chi connectivity index (χ1n) is 5.31. The number of pyridine rings is 1. The van der Waals surface area contributed by atoms with E-state index >= 15 is 0 Å². The van der Waals surface area contributed by atoms with Gasteiger partial charge in [-0.2, -0.15) is 13.2 Å². The van der Waals surface area contributed by atoms with E-state index < -0.39 is 28.9 Å². The highest BCUT2D eigenvalue weighted by Gasteiger charge is 2.35. The number of alkyl halides is 3. The minimum atomic E-state index is -4.65. The lowest BCUT2D eigenvalue weighted by Gasteiger charge is -2.12. The molecule has 0 unspecified atom stereocenters. The molecule has 0 bridgehead atoms. The Labute approximate surface area is 125 Å². The van der Waals surface area contributed by atoms with Gasteiger partial charge in [0, 0.05) is 21.5 Å². The summed E-state index contributed by atoms with van der Waals surface area (Å²) in [7, 11) is 0. The van der Waals surface area contributed by atoms with Crippen molar-refractivity contribution in [3.8, 4) is 0 Å². The van der Waals surface area contributed by atoms with Crippen LogP contribution in [0.25, 0.3) is 0 Å². The molecule has 0 saturated heterocycles. The van der Waals surface area contributed by atoms with Crippen LogP contribution in [0.3, 0.4) is 0 Å². The highest BCUT2D eigenvalue weighted by atomic mass is 127. The van der Waals surface area contributed by atoms with E-state index in [4.69, 9.17) is 0 Å². The van der Waals surface area contributed by atoms with Gasteiger partial charge in [-0.3, -0.25) is 9.78 Å². The number of rotatable bonds is 2. The van der Waals surface area contributed by atoms with Gasteiger partial charge in [-0.15, -0.1) is 0 Å². The summed E-state index contributed by atoms with van der Waals surface area (Å²) >= 11 is 1.70. The van der Waals surface area contributed by atoms with Crippen molar-refractivity contribution in [1.82, 2.24) is 4.98 Å². The van der Waals surface area contributed by atoms with E-state index in [1.807, 2.05) is 0 Å². The van der Waals surface area contributed by atoms with Crippen LogP contribution < -0.4 is 0 Å². The lowest BCUT2D eigenvalue weighted by atomic mass is 10.00. The summed E-state index contributed by atoms with van der Waals surface area (Å²) in [6.45, 7) is 0. The molecule has 1 aromatic heterocycles. The van der Waals surface area contributed by atoms with Gasteiger partial charge < -0.3 is 0 Å². The first kappa shape index (κ1) is 14.9. The second-order valence-corrected chi connectivity index (χ2v) is 5.03. The van der Waals surface area contributed by atoms with Crippen LogP contribution in [0.2, 0.25) is 0 Å². The highest BCUT2D eigenvalue weighted by Crippen LogP contribution is 2.32. The molecule has 0 N–H and O–H groups in total. The maximum Gasteiger partial charge on any atom is 0.417 e. The van der Waals surface area contributed by atoms with Crippen LogP contribution in [-0.2, 0) is 6.18 Å². The number of halogens is 5. The molecule has 1 heterocycles. The van der Waals surface area contributed by atoms with E-state index in [1.165, 1.54) is 0 Å². The van der Waals surface area contributed by atoms with Crippen LogP contribution in [0, 0.1) is 9.39 Å². The number of benzene rings is 1. The average molecular weight is 395 g/mol. The largest absolute Gasteiger partial charge is 0.417 e. The van der Waals surface area contributed by atoms with Gasteiger partial charge in [0.1, 0.15) is 5.82 Å². The van der Waals surface area contributed by atoms with Gasteiger partial charge in [0.2, 0.25) is 0 Å². The number of carbonyl (C=O) groups is 1. The number of ketones is 1. The first-order valence-corrected chi connectivity index (χ1v) is 6.39. The van der Waals surface area contributed by atoms with Gasteiger partial charge >= 0.3 is 6.18 Å². The van der Waals surface area contributed by atoms with E-state index in [2.05, 4.69) is 4.98 Å². The lowest BCUT2D eigenvalue weighted by molar-refractivity contribution is -0.137. The Hall–Kier alpha value is -1.51. The standard InChI is InChI=1S/C13H6F4INO/c14-7-1-2-8(11(18)5-7)12(20)9-6-19-4-3-10(9)13(15,16)17/h1-6H. The molecule has 0 aliphatic heterocycles. The van der Waals surface area contributed by atoms with Gasteiger partial charge in [-0.25, -0.2) is 4.39 Å². The molecule has 2 nitrogen and oxygen atoms in total. The topological polar surface area (TPSA) is 30.0 Å². The molecular formula is C13H6F4INO. The van der Waals surface area contributed by atoms with Crippen molar-refractivity contribution in [3.63, 3.8) is 0 Å². The number of hydrogen-bond donors (Lipinski definition) is 0. The van der Waals surface area contributed by atoms with Crippen molar-refractivity contribution in [2.24, 2.45) is 0 Å². The average Bonchev–Trinajstić information content (AvgIpc) is 2.37. The third kappa shape index (κ3) is 2.97. The Kier molecular flexibility index (Phi) is 4.07. The molecule has 2 aromatic rings. The fraction of sp³-hybridized carbons (Fsp3) is 0.0769. The summed E-state index contributed by atoms with van der Waals surface area (Å²) < 4.78 is 51.8. The van der Waals surface area contributed by atoms with E-state index in [1.54, 1.807) is 22.6 Å². The molecule has 0 atom stereocenters. The molecular weight excluding hydrogens is 389 g/mol. The van der Waals surface area contributed by atoms with Crippen LogP contribution in [0.5, 0.6) is 0 Å². The van der Waals surface area contributed by atoms with Crippen molar-refractivity contribution in [2.75, 3.05) is 0 Å². The third-order valence-corrected chi connectivity index (χ3v) is 3.44. The molecule has 0 amide bonds. The van der Waals surface area contributed by atoms with Crippen molar-refractivity contribution in [3.05, 3.63) is 62.7 Å². The zero-order valence-electron chi connectivity index (χ0n) is 9.71. The third-order valence-electron chi connectivity index (χ3n) is 2.55. The van der Waals surface area contributed by atoms with Crippen molar-refractivity contribution >= 4 is 28.4 Å². The normalized spacial score (nSPS) is 11.4. The zero-order chi connectivity index (χ0) is 14.9. The summed E-state index contributed by atoms with van der Waals surface area (Å²) in [6.07, 6.45) is -2.82. The molecule has 0 aliphatic rings. The fourth-order valence-electron chi connectivity index (χ4n) is 1.64. The predicted molar refractivity (Wildman–Crippen MR) is 71.8 cm³/mol. The quantitative estimate of drug-likeness (QED) is 0.436. The maximum absolute atomic E-state index is 13.0. The number of hydrogen-bond acceptors (Lipinski definition) is 2.